The van der Waals surface area contributed by atoms with Gasteiger partial charge in [0.25, 0.3) is 5.19 Å². The van der Waals surface area contributed by atoms with E-state index in [-0.39, 0.29) is 6.10 Å². The van der Waals surface area contributed by atoms with Gasteiger partial charge < -0.3 is 9.47 Å². The molecule has 0 unspecified atom stereocenters. The van der Waals surface area contributed by atoms with Crippen LogP contribution in [0.15, 0.2) is 24.5 Å². The molecule has 0 spiro atoms. The summed E-state index contributed by atoms with van der Waals surface area (Å²) >= 11 is 1.18. The topological polar surface area (TPSA) is 61.3 Å². The first-order valence-corrected chi connectivity index (χ1v) is 6.20. The number of thiazole rings is 1. The highest BCUT2D eigenvalue weighted by atomic mass is 32.1. The molecule has 2 heterocycles. The molecule has 0 aliphatic heterocycles. The Morgan fingerprint density at radius 1 is 1.28 bits per heavy atom. The second-order valence-corrected chi connectivity index (χ2v) is 4.77. The van der Waals surface area contributed by atoms with Gasteiger partial charge in [0.1, 0.15) is 5.75 Å². The number of rotatable bonds is 5. The molecule has 5 nitrogen and oxygen atoms in total. The highest BCUT2D eigenvalue weighted by Crippen LogP contribution is 2.26. The van der Waals surface area contributed by atoms with E-state index in [1.165, 1.54) is 17.5 Å². The van der Waals surface area contributed by atoms with Crippen LogP contribution in [0.5, 0.6) is 16.8 Å². The fourth-order valence-corrected chi connectivity index (χ4v) is 1.81. The predicted octanol–water partition coefficient (Wildman–Crippen LogP) is 2.93. The van der Waals surface area contributed by atoms with Crippen molar-refractivity contribution in [3.05, 3.63) is 29.4 Å². The van der Waals surface area contributed by atoms with Crippen LogP contribution in [-0.2, 0) is 0 Å². The molecule has 0 N–H and O–H groups in total. The average molecular weight is 264 g/mol. The van der Waals surface area contributed by atoms with Gasteiger partial charge >= 0.3 is 0 Å². The van der Waals surface area contributed by atoms with Crippen molar-refractivity contribution >= 4 is 17.6 Å². The fourth-order valence-electron chi connectivity index (χ4n) is 1.21. The van der Waals surface area contributed by atoms with E-state index in [4.69, 9.17) is 9.47 Å². The molecule has 0 amide bonds. The third-order valence-corrected chi connectivity index (χ3v) is 2.69. The number of aldehydes is 1. The molecule has 6 heteroatoms. The maximum Gasteiger partial charge on any atom is 0.279 e. The summed E-state index contributed by atoms with van der Waals surface area (Å²) in [7, 11) is 0. The Morgan fingerprint density at radius 2 is 2.11 bits per heavy atom. The summed E-state index contributed by atoms with van der Waals surface area (Å²) in [6.07, 6.45) is 3.84. The smallest absolute Gasteiger partial charge is 0.279 e. The molecule has 0 aliphatic rings. The van der Waals surface area contributed by atoms with Crippen LogP contribution in [0.25, 0.3) is 0 Å². The molecule has 0 bridgehead atoms. The van der Waals surface area contributed by atoms with Gasteiger partial charge in [0.2, 0.25) is 5.88 Å². The molecule has 0 radical (unpaired) electrons. The lowest BCUT2D eigenvalue weighted by Gasteiger charge is -2.08. The van der Waals surface area contributed by atoms with Crippen molar-refractivity contribution in [3.63, 3.8) is 0 Å². The Labute approximate surface area is 108 Å². The number of carbonyl (C=O) groups excluding carboxylic acids is 1. The molecule has 0 saturated heterocycles. The lowest BCUT2D eigenvalue weighted by molar-refractivity contribution is 0.112. The van der Waals surface area contributed by atoms with Gasteiger partial charge in [0, 0.05) is 6.07 Å². The summed E-state index contributed by atoms with van der Waals surface area (Å²) in [5, 5.41) is 0.413. The summed E-state index contributed by atoms with van der Waals surface area (Å²) in [6.45, 7) is 3.87. The molecule has 2 aromatic heterocycles. The van der Waals surface area contributed by atoms with Crippen LogP contribution >= 0.6 is 11.3 Å². The molecule has 18 heavy (non-hydrogen) atoms. The lowest BCUT2D eigenvalue weighted by atomic mass is 10.4. The molecule has 0 saturated carbocycles. The van der Waals surface area contributed by atoms with Crippen LogP contribution in [0.4, 0.5) is 0 Å². The minimum Gasteiger partial charge on any atom is -0.475 e. The van der Waals surface area contributed by atoms with Crippen LogP contribution in [0.1, 0.15) is 23.5 Å². The predicted molar refractivity (Wildman–Crippen MR) is 67.6 cm³/mol. The average Bonchev–Trinajstić information content (AvgIpc) is 2.79. The zero-order chi connectivity index (χ0) is 13.0. The van der Waals surface area contributed by atoms with Gasteiger partial charge in [-0.1, -0.05) is 11.3 Å². The van der Waals surface area contributed by atoms with E-state index in [0.29, 0.717) is 21.7 Å². The first-order chi connectivity index (χ1) is 8.67. The van der Waals surface area contributed by atoms with E-state index in [9.17, 15) is 4.79 Å². The molecule has 0 aromatic carbocycles. The highest BCUT2D eigenvalue weighted by Gasteiger charge is 2.05. The number of nitrogens with zero attached hydrogens (tertiary/aromatic N) is 2. The van der Waals surface area contributed by atoms with Crippen LogP contribution < -0.4 is 9.47 Å². The number of ether oxygens (including phenoxy) is 2. The quantitative estimate of drug-likeness (QED) is 0.777. The monoisotopic (exact) mass is 264 g/mol. The number of pyridine rings is 1. The van der Waals surface area contributed by atoms with Crippen molar-refractivity contribution in [1.82, 2.24) is 9.97 Å². The van der Waals surface area contributed by atoms with Crippen molar-refractivity contribution in [3.8, 4) is 16.8 Å². The summed E-state index contributed by atoms with van der Waals surface area (Å²) < 4.78 is 10.9. The van der Waals surface area contributed by atoms with Crippen LogP contribution in [0.3, 0.4) is 0 Å². The van der Waals surface area contributed by atoms with Crippen molar-refractivity contribution in [2.24, 2.45) is 0 Å². The third kappa shape index (κ3) is 3.27. The van der Waals surface area contributed by atoms with E-state index in [0.717, 1.165) is 6.29 Å². The van der Waals surface area contributed by atoms with Gasteiger partial charge in [-0.2, -0.15) is 0 Å². The summed E-state index contributed by atoms with van der Waals surface area (Å²) in [6, 6.07) is 3.47. The second kappa shape index (κ2) is 5.59. The van der Waals surface area contributed by atoms with Crippen molar-refractivity contribution in [2.45, 2.75) is 20.0 Å². The zero-order valence-electron chi connectivity index (χ0n) is 9.99. The van der Waals surface area contributed by atoms with Gasteiger partial charge in [-0.25, -0.2) is 9.97 Å². The Kier molecular flexibility index (Phi) is 3.88. The first kappa shape index (κ1) is 12.5. The standard InChI is InChI=1S/C12H12N2O3S/c1-8(2)16-11-4-3-9(5-13-11)17-12-14-6-10(7-15)18-12/h3-8H,1-2H3. The van der Waals surface area contributed by atoms with Crippen LogP contribution in [0, 0.1) is 0 Å². The van der Waals surface area contributed by atoms with Crippen molar-refractivity contribution in [1.29, 1.82) is 0 Å². The minimum absolute atomic E-state index is 0.0818. The van der Waals surface area contributed by atoms with E-state index in [1.54, 1.807) is 18.3 Å². The molecule has 0 aliphatic carbocycles. The third-order valence-electron chi connectivity index (χ3n) is 1.89. The fraction of sp³-hybridized carbons (Fsp3) is 0.250. The number of aromatic nitrogens is 2. The minimum atomic E-state index is 0.0818. The molecule has 2 aromatic rings. The van der Waals surface area contributed by atoms with Gasteiger partial charge in [0.05, 0.1) is 23.4 Å². The molecule has 0 atom stereocenters. The van der Waals surface area contributed by atoms with Gasteiger partial charge in [0.15, 0.2) is 6.29 Å². The van der Waals surface area contributed by atoms with Crippen molar-refractivity contribution < 1.29 is 14.3 Å². The highest BCUT2D eigenvalue weighted by molar-refractivity contribution is 7.15. The first-order valence-electron chi connectivity index (χ1n) is 5.39. The Hall–Kier alpha value is -1.95. The number of hydrogen-bond donors (Lipinski definition) is 0. The molecular formula is C12H12N2O3S. The number of hydrogen-bond acceptors (Lipinski definition) is 6. The molecule has 2 rings (SSSR count). The Morgan fingerprint density at radius 3 is 2.67 bits per heavy atom. The van der Waals surface area contributed by atoms with E-state index in [1.807, 2.05) is 13.8 Å². The van der Waals surface area contributed by atoms with Gasteiger partial charge in [-0.15, -0.1) is 0 Å². The summed E-state index contributed by atoms with van der Waals surface area (Å²) in [5.41, 5.74) is 0. The molecular weight excluding hydrogens is 252 g/mol. The SMILES string of the molecule is CC(C)Oc1ccc(Oc2ncc(C=O)s2)cn1. The maximum absolute atomic E-state index is 10.5. The van der Waals surface area contributed by atoms with E-state index < -0.39 is 0 Å². The van der Waals surface area contributed by atoms with Crippen LogP contribution in [-0.4, -0.2) is 22.4 Å². The van der Waals surface area contributed by atoms with Gasteiger partial charge in [-0.3, -0.25) is 4.79 Å². The second-order valence-electron chi connectivity index (χ2n) is 3.75. The summed E-state index contributed by atoms with van der Waals surface area (Å²) in [4.78, 5) is 19.1. The zero-order valence-corrected chi connectivity index (χ0v) is 10.8. The maximum atomic E-state index is 10.5. The van der Waals surface area contributed by atoms with Gasteiger partial charge in [-0.05, 0) is 19.9 Å². The van der Waals surface area contributed by atoms with Crippen LogP contribution in [0.2, 0.25) is 0 Å². The molecule has 94 valence electrons. The number of carbonyl (C=O) groups is 1. The lowest BCUT2D eigenvalue weighted by Crippen LogP contribution is -2.06. The van der Waals surface area contributed by atoms with E-state index >= 15 is 0 Å². The van der Waals surface area contributed by atoms with E-state index in [2.05, 4.69) is 9.97 Å². The Balaban J connectivity index is 2.03. The Bertz CT molecular complexity index is 522. The van der Waals surface area contributed by atoms with Crippen molar-refractivity contribution in [2.75, 3.05) is 0 Å². The normalized spacial score (nSPS) is 10.4. The molecule has 0 fully saturated rings. The largest absolute Gasteiger partial charge is 0.475 e. The summed E-state index contributed by atoms with van der Waals surface area (Å²) in [5.74, 6) is 1.10.